The number of hydrogen-bond donors (Lipinski definition) is 2. The van der Waals surface area contributed by atoms with Crippen molar-refractivity contribution in [3.05, 3.63) is 89.2 Å². The van der Waals surface area contributed by atoms with Crippen LogP contribution in [0.4, 0.5) is 11.4 Å². The highest BCUT2D eigenvalue weighted by Crippen LogP contribution is 2.18. The summed E-state index contributed by atoms with van der Waals surface area (Å²) in [5.41, 5.74) is 3.31. The van der Waals surface area contributed by atoms with E-state index in [1.165, 1.54) is 24.0 Å². The number of nitriles is 1. The van der Waals surface area contributed by atoms with Crippen LogP contribution in [0.1, 0.15) is 51.6 Å². The van der Waals surface area contributed by atoms with Gasteiger partial charge in [0.2, 0.25) is 0 Å². The predicted octanol–water partition coefficient (Wildman–Crippen LogP) is 4.58. The molecule has 0 fully saturated rings. The van der Waals surface area contributed by atoms with Gasteiger partial charge in [0, 0.05) is 23.8 Å². The molecular weight excluding hydrogens is 364 g/mol. The Morgan fingerprint density at radius 2 is 1.52 bits per heavy atom. The number of carbonyl (C=O) groups excluding carboxylic acids is 2. The van der Waals surface area contributed by atoms with Crippen LogP contribution in [-0.4, -0.2) is 16.8 Å². The molecule has 0 saturated heterocycles. The quantitative estimate of drug-likeness (QED) is 0.673. The summed E-state index contributed by atoms with van der Waals surface area (Å²) in [5.74, 6) is -0.354. The number of amides is 2. The van der Waals surface area contributed by atoms with E-state index in [2.05, 4.69) is 29.5 Å². The second-order valence-corrected chi connectivity index (χ2v) is 6.84. The molecular formula is C23H20N4O2. The lowest BCUT2D eigenvalue weighted by molar-refractivity contribution is 0.102. The van der Waals surface area contributed by atoms with Crippen molar-refractivity contribution in [1.82, 2.24) is 4.98 Å². The zero-order valence-electron chi connectivity index (χ0n) is 16.1. The Hall–Kier alpha value is -3.98. The van der Waals surface area contributed by atoms with Crippen LogP contribution in [0.25, 0.3) is 0 Å². The Bertz CT molecular complexity index is 1080. The van der Waals surface area contributed by atoms with E-state index >= 15 is 0 Å². The van der Waals surface area contributed by atoms with Gasteiger partial charge >= 0.3 is 0 Å². The molecule has 0 bridgehead atoms. The highest BCUT2D eigenvalue weighted by atomic mass is 16.2. The molecule has 0 saturated carbocycles. The SMILES string of the molecule is CC(C)c1ccc(NC(=O)c2cncc(C(=O)Nc3cccc(C#N)c3)c2)cc1. The van der Waals surface area contributed by atoms with Gasteiger partial charge in [0.25, 0.3) is 11.8 Å². The van der Waals surface area contributed by atoms with Crippen molar-refractivity contribution in [2.75, 3.05) is 10.6 Å². The number of rotatable bonds is 5. The summed E-state index contributed by atoms with van der Waals surface area (Å²) in [6.07, 6.45) is 2.79. The van der Waals surface area contributed by atoms with Crippen molar-refractivity contribution in [3.63, 3.8) is 0 Å². The number of nitrogens with zero attached hydrogens (tertiary/aromatic N) is 2. The Morgan fingerprint density at radius 1 is 0.897 bits per heavy atom. The highest BCUT2D eigenvalue weighted by molar-refractivity contribution is 6.08. The summed E-state index contributed by atoms with van der Waals surface area (Å²) in [6.45, 7) is 4.21. The lowest BCUT2D eigenvalue weighted by atomic mass is 10.0. The monoisotopic (exact) mass is 384 g/mol. The lowest BCUT2D eigenvalue weighted by Gasteiger charge is -2.09. The summed E-state index contributed by atoms with van der Waals surface area (Å²) in [5, 5.41) is 14.5. The first-order valence-electron chi connectivity index (χ1n) is 9.14. The van der Waals surface area contributed by atoms with Gasteiger partial charge in [0.1, 0.15) is 0 Å². The molecule has 0 aliphatic heterocycles. The number of nitrogens with one attached hydrogen (secondary N) is 2. The van der Waals surface area contributed by atoms with Crippen molar-refractivity contribution in [2.24, 2.45) is 0 Å². The van der Waals surface area contributed by atoms with Gasteiger partial charge in [0.15, 0.2) is 0 Å². The van der Waals surface area contributed by atoms with Crippen LogP contribution in [0.15, 0.2) is 67.0 Å². The van der Waals surface area contributed by atoms with Crippen LogP contribution in [0, 0.1) is 11.3 Å². The topological polar surface area (TPSA) is 94.9 Å². The van der Waals surface area contributed by atoms with E-state index in [1.807, 2.05) is 30.3 Å². The number of aromatic nitrogens is 1. The van der Waals surface area contributed by atoms with Gasteiger partial charge < -0.3 is 10.6 Å². The molecule has 0 spiro atoms. The molecule has 0 unspecified atom stereocenters. The minimum absolute atomic E-state index is 0.246. The number of pyridine rings is 1. The minimum Gasteiger partial charge on any atom is -0.322 e. The molecule has 2 amide bonds. The molecule has 2 N–H and O–H groups in total. The summed E-state index contributed by atoms with van der Waals surface area (Å²) < 4.78 is 0. The number of carbonyl (C=O) groups is 2. The molecule has 0 aliphatic carbocycles. The van der Waals surface area contributed by atoms with Crippen molar-refractivity contribution in [2.45, 2.75) is 19.8 Å². The zero-order valence-corrected chi connectivity index (χ0v) is 16.1. The predicted molar refractivity (Wildman–Crippen MR) is 112 cm³/mol. The second-order valence-electron chi connectivity index (χ2n) is 6.84. The third kappa shape index (κ3) is 5.05. The van der Waals surface area contributed by atoms with Crippen LogP contribution < -0.4 is 10.6 Å². The first-order chi connectivity index (χ1) is 14.0. The van der Waals surface area contributed by atoms with Gasteiger partial charge in [-0.2, -0.15) is 5.26 Å². The second kappa shape index (κ2) is 8.81. The number of hydrogen-bond acceptors (Lipinski definition) is 4. The van der Waals surface area contributed by atoms with Gasteiger partial charge in [-0.25, -0.2) is 0 Å². The highest BCUT2D eigenvalue weighted by Gasteiger charge is 2.12. The van der Waals surface area contributed by atoms with E-state index in [-0.39, 0.29) is 17.0 Å². The maximum absolute atomic E-state index is 12.5. The smallest absolute Gasteiger partial charge is 0.257 e. The van der Waals surface area contributed by atoms with E-state index in [9.17, 15) is 9.59 Å². The summed E-state index contributed by atoms with van der Waals surface area (Å²) >= 11 is 0. The van der Waals surface area contributed by atoms with Crippen molar-refractivity contribution < 1.29 is 9.59 Å². The van der Waals surface area contributed by atoms with E-state index in [0.29, 0.717) is 22.9 Å². The van der Waals surface area contributed by atoms with Gasteiger partial charge in [-0.15, -0.1) is 0 Å². The Labute approximate surface area is 169 Å². The fraction of sp³-hybridized carbons (Fsp3) is 0.130. The minimum atomic E-state index is -0.413. The number of anilines is 2. The molecule has 29 heavy (non-hydrogen) atoms. The molecule has 0 radical (unpaired) electrons. The van der Waals surface area contributed by atoms with Gasteiger partial charge in [-0.3, -0.25) is 14.6 Å². The van der Waals surface area contributed by atoms with Gasteiger partial charge in [-0.1, -0.05) is 32.0 Å². The maximum atomic E-state index is 12.5. The molecule has 6 heteroatoms. The Kier molecular flexibility index (Phi) is 6.00. The van der Waals surface area contributed by atoms with Crippen molar-refractivity contribution in [1.29, 1.82) is 5.26 Å². The Morgan fingerprint density at radius 3 is 2.10 bits per heavy atom. The third-order valence-electron chi connectivity index (χ3n) is 4.35. The van der Waals surface area contributed by atoms with Gasteiger partial charge in [0.05, 0.1) is 22.8 Å². The fourth-order valence-electron chi connectivity index (χ4n) is 2.71. The molecule has 3 rings (SSSR count). The van der Waals surface area contributed by atoms with Crippen LogP contribution in [0.3, 0.4) is 0 Å². The number of benzene rings is 2. The fourth-order valence-corrected chi connectivity index (χ4v) is 2.71. The molecule has 1 aromatic heterocycles. The first-order valence-corrected chi connectivity index (χ1v) is 9.14. The Balaban J connectivity index is 1.71. The van der Waals surface area contributed by atoms with Crippen molar-refractivity contribution >= 4 is 23.2 Å². The third-order valence-corrected chi connectivity index (χ3v) is 4.35. The van der Waals surface area contributed by atoms with Crippen LogP contribution in [0.5, 0.6) is 0 Å². The van der Waals surface area contributed by atoms with Gasteiger partial charge in [-0.05, 0) is 47.9 Å². The average Bonchev–Trinajstić information content (AvgIpc) is 2.74. The molecule has 3 aromatic rings. The van der Waals surface area contributed by atoms with E-state index < -0.39 is 5.91 Å². The van der Waals surface area contributed by atoms with E-state index in [0.717, 1.165) is 0 Å². The molecule has 0 atom stereocenters. The van der Waals surface area contributed by atoms with E-state index in [4.69, 9.17) is 5.26 Å². The standard InChI is InChI=1S/C23H20N4O2/c1-15(2)17-6-8-20(9-7-17)26-22(28)18-11-19(14-25-13-18)23(29)27-21-5-3-4-16(10-21)12-24/h3-11,13-15H,1-2H3,(H,26,28)(H,27,29). The normalized spacial score (nSPS) is 10.3. The van der Waals surface area contributed by atoms with Crippen LogP contribution in [-0.2, 0) is 0 Å². The summed E-state index contributed by atoms with van der Waals surface area (Å²) in [7, 11) is 0. The largest absolute Gasteiger partial charge is 0.322 e. The molecule has 1 heterocycles. The van der Waals surface area contributed by atoms with E-state index in [1.54, 1.807) is 24.3 Å². The lowest BCUT2D eigenvalue weighted by Crippen LogP contribution is -2.16. The summed E-state index contributed by atoms with van der Waals surface area (Å²) in [4.78, 5) is 29.0. The molecule has 2 aromatic carbocycles. The molecule has 144 valence electrons. The van der Waals surface area contributed by atoms with Crippen molar-refractivity contribution in [3.8, 4) is 6.07 Å². The first kappa shape index (κ1) is 19.8. The van der Waals surface area contributed by atoms with Crippen LogP contribution in [0.2, 0.25) is 0 Å². The summed E-state index contributed by atoms with van der Waals surface area (Å²) in [6, 6.07) is 17.7. The molecule has 6 nitrogen and oxygen atoms in total. The molecule has 0 aliphatic rings. The zero-order chi connectivity index (χ0) is 20.8. The average molecular weight is 384 g/mol. The van der Waals surface area contributed by atoms with Crippen LogP contribution >= 0.6 is 0 Å². The maximum Gasteiger partial charge on any atom is 0.257 e.